The summed E-state index contributed by atoms with van der Waals surface area (Å²) in [5.74, 6) is 1.37. The third kappa shape index (κ3) is 6.07. The highest BCUT2D eigenvalue weighted by molar-refractivity contribution is 7.99. The minimum absolute atomic E-state index is 0.171. The van der Waals surface area contributed by atoms with Crippen molar-refractivity contribution in [2.24, 2.45) is 0 Å². The maximum atomic E-state index is 12.3. The molecule has 3 aromatic rings. The fraction of sp³-hybridized carbons (Fsp3) is 0.286. The number of aryl methyl sites for hydroxylation is 1. The molecule has 1 amide bonds. The summed E-state index contributed by atoms with van der Waals surface area (Å²) in [6, 6.07) is 10.4. The van der Waals surface area contributed by atoms with Crippen molar-refractivity contribution in [2.75, 3.05) is 11.1 Å². The Kier molecular flexibility index (Phi) is 8.11. The molecular formula is C21H21Cl3N4O2S. The third-order valence-corrected chi connectivity index (χ3v) is 6.53. The molecule has 164 valence electrons. The molecule has 10 heteroatoms. The molecule has 1 heterocycles. The number of ether oxygens (including phenoxy) is 1. The highest BCUT2D eigenvalue weighted by atomic mass is 35.5. The lowest BCUT2D eigenvalue weighted by atomic mass is 10.2. The quantitative estimate of drug-likeness (QED) is 0.361. The second-order valence-corrected chi connectivity index (χ2v) is 8.89. The number of carbonyl (C=O) groups excluding carboxylic acids is 1. The highest BCUT2D eigenvalue weighted by Gasteiger charge is 2.20. The minimum Gasteiger partial charge on any atom is -0.483 e. The number of nitrogens with one attached hydrogen (secondary N) is 1. The Bertz CT molecular complexity index is 1090. The van der Waals surface area contributed by atoms with E-state index in [-0.39, 0.29) is 17.8 Å². The summed E-state index contributed by atoms with van der Waals surface area (Å²) in [4.78, 5) is 12.3. The van der Waals surface area contributed by atoms with Gasteiger partial charge in [-0.1, -0.05) is 46.6 Å². The zero-order valence-corrected chi connectivity index (χ0v) is 20.2. The number of hydrogen-bond acceptors (Lipinski definition) is 5. The van der Waals surface area contributed by atoms with Gasteiger partial charge in [0.2, 0.25) is 5.91 Å². The van der Waals surface area contributed by atoms with Crippen LogP contribution in [0.2, 0.25) is 15.1 Å². The molecule has 0 aliphatic carbocycles. The predicted molar refractivity (Wildman–Crippen MR) is 127 cm³/mol. The minimum atomic E-state index is -0.326. The largest absolute Gasteiger partial charge is 0.483 e. The van der Waals surface area contributed by atoms with Crippen molar-refractivity contribution in [3.05, 3.63) is 62.9 Å². The van der Waals surface area contributed by atoms with Crippen LogP contribution in [0.15, 0.2) is 41.6 Å². The molecule has 0 bridgehead atoms. The van der Waals surface area contributed by atoms with Gasteiger partial charge in [-0.05, 0) is 62.7 Å². The molecule has 2 aromatic carbocycles. The number of amides is 1. The van der Waals surface area contributed by atoms with Gasteiger partial charge in [-0.3, -0.25) is 4.79 Å². The molecule has 0 radical (unpaired) electrons. The first kappa shape index (κ1) is 23.7. The molecule has 0 spiro atoms. The van der Waals surface area contributed by atoms with Crippen LogP contribution >= 0.6 is 46.6 Å². The second kappa shape index (κ2) is 10.6. The molecule has 1 unspecified atom stereocenters. The Morgan fingerprint density at radius 1 is 1.13 bits per heavy atom. The zero-order chi connectivity index (χ0) is 22.5. The molecule has 31 heavy (non-hydrogen) atoms. The average Bonchev–Trinajstić information content (AvgIpc) is 3.15. The van der Waals surface area contributed by atoms with Crippen LogP contribution in [0.5, 0.6) is 5.75 Å². The monoisotopic (exact) mass is 498 g/mol. The van der Waals surface area contributed by atoms with E-state index in [2.05, 4.69) is 15.5 Å². The fourth-order valence-corrected chi connectivity index (χ4v) is 4.08. The smallest absolute Gasteiger partial charge is 0.234 e. The Morgan fingerprint density at radius 2 is 1.87 bits per heavy atom. The molecular weight excluding hydrogens is 479 g/mol. The van der Waals surface area contributed by atoms with E-state index in [1.165, 1.54) is 11.8 Å². The van der Waals surface area contributed by atoms with Crippen LogP contribution in [0.3, 0.4) is 0 Å². The van der Waals surface area contributed by atoms with Gasteiger partial charge < -0.3 is 14.6 Å². The lowest BCUT2D eigenvalue weighted by molar-refractivity contribution is -0.113. The van der Waals surface area contributed by atoms with Gasteiger partial charge in [0.15, 0.2) is 17.1 Å². The number of aromatic nitrogens is 3. The Hall–Kier alpha value is -1.93. The maximum absolute atomic E-state index is 12.3. The van der Waals surface area contributed by atoms with Crippen molar-refractivity contribution in [1.29, 1.82) is 0 Å². The van der Waals surface area contributed by atoms with Gasteiger partial charge in [0.25, 0.3) is 0 Å². The standard InChI is InChI=1S/C21H21Cl3N4O2S/c1-4-28-20(13(3)30-15-6-8-16(22)12(2)9-15)26-27-21(28)31-11-19(29)25-14-5-7-17(23)18(24)10-14/h5-10,13H,4,11H2,1-3H3,(H,25,29). The summed E-state index contributed by atoms with van der Waals surface area (Å²) >= 11 is 19.3. The van der Waals surface area contributed by atoms with Gasteiger partial charge >= 0.3 is 0 Å². The third-order valence-electron chi connectivity index (χ3n) is 4.40. The molecule has 0 aliphatic heterocycles. The van der Waals surface area contributed by atoms with Crippen molar-refractivity contribution in [3.8, 4) is 5.75 Å². The van der Waals surface area contributed by atoms with E-state index in [1.54, 1.807) is 24.3 Å². The van der Waals surface area contributed by atoms with Crippen LogP contribution in [0.4, 0.5) is 5.69 Å². The number of anilines is 1. The number of thioether (sulfide) groups is 1. The Labute approximate surface area is 200 Å². The number of rotatable bonds is 8. The number of carbonyl (C=O) groups is 1. The lowest BCUT2D eigenvalue weighted by Gasteiger charge is -2.16. The summed E-state index contributed by atoms with van der Waals surface area (Å²) in [5.41, 5.74) is 1.52. The number of nitrogens with zero attached hydrogens (tertiary/aromatic N) is 3. The van der Waals surface area contributed by atoms with E-state index >= 15 is 0 Å². The number of benzene rings is 2. The van der Waals surface area contributed by atoms with Gasteiger partial charge in [-0.2, -0.15) is 0 Å². The van der Waals surface area contributed by atoms with Gasteiger partial charge in [0.1, 0.15) is 5.75 Å². The molecule has 1 N–H and O–H groups in total. The summed E-state index contributed by atoms with van der Waals surface area (Å²) in [7, 11) is 0. The number of halogens is 3. The van der Waals surface area contributed by atoms with Crippen molar-refractivity contribution in [2.45, 2.75) is 38.6 Å². The molecule has 1 aromatic heterocycles. The van der Waals surface area contributed by atoms with Crippen molar-refractivity contribution in [3.63, 3.8) is 0 Å². The van der Waals surface area contributed by atoms with E-state index in [9.17, 15) is 4.79 Å². The molecule has 3 rings (SSSR count). The van der Waals surface area contributed by atoms with Crippen LogP contribution in [0.25, 0.3) is 0 Å². The molecule has 0 fully saturated rings. The molecule has 0 saturated carbocycles. The first-order valence-electron chi connectivity index (χ1n) is 9.52. The van der Waals surface area contributed by atoms with E-state index in [1.807, 2.05) is 37.5 Å². The second-order valence-electron chi connectivity index (χ2n) is 6.72. The average molecular weight is 500 g/mol. The topological polar surface area (TPSA) is 69.0 Å². The number of hydrogen-bond donors (Lipinski definition) is 1. The van der Waals surface area contributed by atoms with Gasteiger partial charge in [-0.15, -0.1) is 10.2 Å². The molecule has 6 nitrogen and oxygen atoms in total. The first-order valence-corrected chi connectivity index (χ1v) is 11.6. The summed E-state index contributed by atoms with van der Waals surface area (Å²) < 4.78 is 7.96. The van der Waals surface area contributed by atoms with Gasteiger partial charge in [0.05, 0.1) is 15.8 Å². The van der Waals surface area contributed by atoms with Crippen molar-refractivity contribution in [1.82, 2.24) is 14.8 Å². The van der Waals surface area contributed by atoms with Crippen molar-refractivity contribution < 1.29 is 9.53 Å². The van der Waals surface area contributed by atoms with Gasteiger partial charge in [0, 0.05) is 17.3 Å². The fourth-order valence-electron chi connectivity index (χ4n) is 2.85. The molecule has 1 atom stereocenters. The van der Waals surface area contributed by atoms with Crippen molar-refractivity contribution >= 4 is 58.2 Å². The van der Waals surface area contributed by atoms with Crippen LogP contribution in [0.1, 0.15) is 31.3 Å². The van der Waals surface area contributed by atoms with Crippen LogP contribution in [0, 0.1) is 6.92 Å². The summed E-state index contributed by atoms with van der Waals surface area (Å²) in [5, 5.41) is 13.5. The molecule has 0 aliphatic rings. The Balaban J connectivity index is 1.64. The normalized spacial score (nSPS) is 11.9. The van der Waals surface area contributed by atoms with E-state index in [0.717, 1.165) is 5.56 Å². The summed E-state index contributed by atoms with van der Waals surface area (Å²) in [6.07, 6.45) is -0.326. The first-order chi connectivity index (χ1) is 14.8. The van der Waals surface area contributed by atoms with Crippen LogP contribution in [-0.4, -0.2) is 26.4 Å². The highest BCUT2D eigenvalue weighted by Crippen LogP contribution is 2.28. The van der Waals surface area contributed by atoms with E-state index in [4.69, 9.17) is 39.5 Å². The Morgan fingerprint density at radius 3 is 2.55 bits per heavy atom. The van der Waals surface area contributed by atoms with E-state index in [0.29, 0.717) is 44.0 Å². The van der Waals surface area contributed by atoms with E-state index < -0.39 is 0 Å². The SMILES string of the molecule is CCn1c(SCC(=O)Nc2ccc(Cl)c(Cl)c2)nnc1C(C)Oc1ccc(Cl)c(C)c1. The zero-order valence-electron chi connectivity index (χ0n) is 17.2. The summed E-state index contributed by atoms with van der Waals surface area (Å²) in [6.45, 7) is 6.47. The lowest BCUT2D eigenvalue weighted by Crippen LogP contribution is -2.15. The predicted octanol–water partition coefficient (Wildman–Crippen LogP) is 6.44. The molecule has 0 saturated heterocycles. The van der Waals surface area contributed by atoms with Gasteiger partial charge in [-0.25, -0.2) is 0 Å². The van der Waals surface area contributed by atoms with Crippen LogP contribution in [-0.2, 0) is 11.3 Å². The maximum Gasteiger partial charge on any atom is 0.234 e. The van der Waals surface area contributed by atoms with Crippen LogP contribution < -0.4 is 10.1 Å².